The lowest BCUT2D eigenvalue weighted by atomic mass is 9.94. The highest BCUT2D eigenvalue weighted by Gasteiger charge is 2.34. The van der Waals surface area contributed by atoms with Crippen molar-refractivity contribution < 1.29 is 8.78 Å². The molecule has 2 heterocycles. The summed E-state index contributed by atoms with van der Waals surface area (Å²) in [6, 6.07) is 4.42. The number of hydrogen-bond acceptors (Lipinski definition) is 2. The highest BCUT2D eigenvalue weighted by atomic mass is 19.1. The molecule has 2 saturated heterocycles. The summed E-state index contributed by atoms with van der Waals surface area (Å²) in [4.78, 5) is 2.27. The van der Waals surface area contributed by atoms with Crippen LogP contribution in [0.25, 0.3) is 0 Å². The van der Waals surface area contributed by atoms with Crippen molar-refractivity contribution in [3.63, 3.8) is 0 Å². The molecule has 0 radical (unpaired) electrons. The topological polar surface area (TPSA) is 15.3 Å². The largest absolute Gasteiger partial charge is 0.312 e. The Morgan fingerprint density at radius 3 is 2.94 bits per heavy atom. The van der Waals surface area contributed by atoms with E-state index < -0.39 is 11.6 Å². The Bertz CT molecular complexity index is 422. The molecule has 0 saturated carbocycles. The number of halogens is 2. The quantitative estimate of drug-likeness (QED) is 0.867. The van der Waals surface area contributed by atoms with Crippen molar-refractivity contribution >= 4 is 0 Å². The molecule has 98 valence electrons. The zero-order chi connectivity index (χ0) is 12.5. The van der Waals surface area contributed by atoms with Gasteiger partial charge in [-0.25, -0.2) is 8.78 Å². The van der Waals surface area contributed by atoms with Crippen molar-refractivity contribution in [3.05, 3.63) is 35.4 Å². The minimum Gasteiger partial charge on any atom is -0.312 e. The van der Waals surface area contributed by atoms with E-state index in [0.717, 1.165) is 25.7 Å². The predicted octanol–water partition coefficient (Wildman–Crippen LogP) is 2.15. The number of rotatable bonds is 2. The van der Waals surface area contributed by atoms with Gasteiger partial charge >= 0.3 is 0 Å². The Labute approximate surface area is 106 Å². The van der Waals surface area contributed by atoms with E-state index >= 15 is 0 Å². The Morgan fingerprint density at radius 2 is 2.17 bits per heavy atom. The van der Waals surface area contributed by atoms with Gasteiger partial charge in [-0.15, -0.1) is 0 Å². The predicted molar refractivity (Wildman–Crippen MR) is 66.1 cm³/mol. The number of hydrogen-bond donors (Lipinski definition) is 1. The molecule has 0 spiro atoms. The average molecular weight is 252 g/mol. The molecule has 2 fully saturated rings. The molecule has 2 atom stereocenters. The summed E-state index contributed by atoms with van der Waals surface area (Å²) in [6.07, 6.45) is 2.50. The summed E-state index contributed by atoms with van der Waals surface area (Å²) >= 11 is 0. The Morgan fingerprint density at radius 1 is 1.28 bits per heavy atom. The number of benzene rings is 1. The van der Waals surface area contributed by atoms with Crippen molar-refractivity contribution in [2.45, 2.75) is 25.4 Å². The fourth-order valence-corrected chi connectivity index (χ4v) is 3.16. The lowest BCUT2D eigenvalue weighted by molar-refractivity contribution is 0.307. The third-order valence-electron chi connectivity index (χ3n) is 4.08. The molecule has 18 heavy (non-hydrogen) atoms. The smallest absolute Gasteiger partial charge is 0.130 e. The van der Waals surface area contributed by atoms with Crippen molar-refractivity contribution in [2.75, 3.05) is 19.6 Å². The van der Waals surface area contributed by atoms with Crippen LogP contribution >= 0.6 is 0 Å². The van der Waals surface area contributed by atoms with Gasteiger partial charge in [0.2, 0.25) is 0 Å². The highest BCUT2D eigenvalue weighted by Crippen LogP contribution is 2.26. The second-order valence-corrected chi connectivity index (χ2v) is 5.39. The first-order valence-electron chi connectivity index (χ1n) is 6.62. The molecule has 2 unspecified atom stereocenters. The third kappa shape index (κ3) is 2.40. The Kier molecular flexibility index (Phi) is 3.31. The van der Waals surface area contributed by atoms with Crippen molar-refractivity contribution in [2.24, 2.45) is 5.92 Å². The third-order valence-corrected chi connectivity index (χ3v) is 4.08. The molecule has 3 rings (SSSR count). The minimum absolute atomic E-state index is 0.433. The van der Waals surface area contributed by atoms with Crippen LogP contribution in [0.3, 0.4) is 0 Å². The molecule has 1 N–H and O–H groups in total. The van der Waals surface area contributed by atoms with Gasteiger partial charge in [-0.3, -0.25) is 4.90 Å². The Hall–Kier alpha value is -1.00. The van der Waals surface area contributed by atoms with Gasteiger partial charge in [-0.2, -0.15) is 0 Å². The standard InChI is InChI=1S/C14H18F2N2/c15-12-4-3-10(13(16)6-12)7-18-8-11-2-1-5-17-14(11)9-18/h3-4,6,11,14,17H,1-2,5,7-9H2. The van der Waals surface area contributed by atoms with Gasteiger partial charge in [-0.05, 0) is 31.4 Å². The molecule has 1 aromatic rings. The second-order valence-electron chi connectivity index (χ2n) is 5.39. The van der Waals surface area contributed by atoms with Crippen LogP contribution in [-0.4, -0.2) is 30.6 Å². The van der Waals surface area contributed by atoms with Crippen LogP contribution in [-0.2, 0) is 6.54 Å². The van der Waals surface area contributed by atoms with Crippen LogP contribution in [0.2, 0.25) is 0 Å². The fourth-order valence-electron chi connectivity index (χ4n) is 3.16. The summed E-state index contributed by atoms with van der Waals surface area (Å²) in [7, 11) is 0. The number of likely N-dealkylation sites (tertiary alicyclic amines) is 1. The van der Waals surface area contributed by atoms with Gasteiger partial charge in [0, 0.05) is 37.3 Å². The van der Waals surface area contributed by atoms with E-state index in [9.17, 15) is 8.78 Å². The molecule has 1 aromatic carbocycles. The van der Waals surface area contributed by atoms with Crippen molar-refractivity contribution in [3.8, 4) is 0 Å². The van der Waals surface area contributed by atoms with Gasteiger partial charge in [0.15, 0.2) is 0 Å². The van der Waals surface area contributed by atoms with Crippen LogP contribution < -0.4 is 5.32 Å². The van der Waals surface area contributed by atoms with Crippen molar-refractivity contribution in [1.29, 1.82) is 0 Å². The Balaban J connectivity index is 1.66. The minimum atomic E-state index is -0.506. The lowest BCUT2D eigenvalue weighted by Gasteiger charge is -2.24. The molecule has 4 heteroatoms. The van der Waals surface area contributed by atoms with Gasteiger partial charge in [0.1, 0.15) is 11.6 Å². The molecule has 0 amide bonds. The van der Waals surface area contributed by atoms with Gasteiger partial charge < -0.3 is 5.32 Å². The van der Waals surface area contributed by atoms with Crippen LogP contribution in [0.15, 0.2) is 18.2 Å². The first-order chi connectivity index (χ1) is 8.72. The molecule has 2 aliphatic heterocycles. The molecule has 0 aliphatic carbocycles. The maximum atomic E-state index is 13.6. The first-order valence-corrected chi connectivity index (χ1v) is 6.62. The molecular weight excluding hydrogens is 234 g/mol. The number of fused-ring (bicyclic) bond motifs is 1. The summed E-state index contributed by atoms with van der Waals surface area (Å²) < 4.78 is 26.4. The summed E-state index contributed by atoms with van der Waals surface area (Å²) in [6.45, 7) is 3.68. The second kappa shape index (κ2) is 4.94. The highest BCUT2D eigenvalue weighted by molar-refractivity contribution is 5.18. The summed E-state index contributed by atoms with van der Waals surface area (Å²) in [5.74, 6) is -0.243. The molecule has 0 aromatic heterocycles. The molecular formula is C14H18F2N2. The normalized spacial score (nSPS) is 28.3. The van der Waals surface area contributed by atoms with Gasteiger partial charge in [0.05, 0.1) is 0 Å². The van der Waals surface area contributed by atoms with Crippen LogP contribution in [0.4, 0.5) is 8.78 Å². The molecule has 2 aliphatic rings. The zero-order valence-electron chi connectivity index (χ0n) is 10.3. The fraction of sp³-hybridized carbons (Fsp3) is 0.571. The maximum Gasteiger partial charge on any atom is 0.130 e. The summed E-state index contributed by atoms with van der Waals surface area (Å²) in [5, 5.41) is 3.53. The monoisotopic (exact) mass is 252 g/mol. The van der Waals surface area contributed by atoms with E-state index in [1.54, 1.807) is 6.07 Å². The van der Waals surface area contributed by atoms with E-state index in [0.29, 0.717) is 24.1 Å². The molecule has 0 bridgehead atoms. The van der Waals surface area contributed by atoms with Crippen LogP contribution in [0, 0.1) is 17.6 Å². The van der Waals surface area contributed by atoms with Crippen molar-refractivity contribution in [1.82, 2.24) is 10.2 Å². The van der Waals surface area contributed by atoms with E-state index in [4.69, 9.17) is 0 Å². The molecule has 2 nitrogen and oxygen atoms in total. The first kappa shape index (κ1) is 12.1. The summed E-state index contributed by atoms with van der Waals surface area (Å²) in [5.41, 5.74) is 0.593. The zero-order valence-corrected chi connectivity index (χ0v) is 10.3. The van der Waals surface area contributed by atoms with E-state index in [1.807, 2.05) is 0 Å². The van der Waals surface area contributed by atoms with Crippen LogP contribution in [0.1, 0.15) is 18.4 Å². The maximum absolute atomic E-state index is 13.6. The van der Waals surface area contributed by atoms with E-state index in [1.165, 1.54) is 18.9 Å². The average Bonchev–Trinajstić information content (AvgIpc) is 2.75. The number of nitrogens with one attached hydrogen (secondary N) is 1. The number of nitrogens with zero attached hydrogens (tertiary/aromatic N) is 1. The van der Waals surface area contributed by atoms with E-state index in [2.05, 4.69) is 10.2 Å². The van der Waals surface area contributed by atoms with Crippen LogP contribution in [0.5, 0.6) is 0 Å². The van der Waals surface area contributed by atoms with E-state index in [-0.39, 0.29) is 0 Å². The number of piperidine rings is 1. The van der Waals surface area contributed by atoms with Gasteiger partial charge in [0.25, 0.3) is 0 Å². The van der Waals surface area contributed by atoms with Gasteiger partial charge in [-0.1, -0.05) is 6.07 Å². The lowest BCUT2D eigenvalue weighted by Crippen LogP contribution is -2.40. The SMILES string of the molecule is Fc1ccc(CN2CC3CCCNC3C2)c(F)c1.